The van der Waals surface area contributed by atoms with E-state index >= 15 is 0 Å². The molecule has 0 atom stereocenters. The molecule has 0 aliphatic heterocycles. The average molecular weight is 334 g/mol. The van der Waals surface area contributed by atoms with Crippen LogP contribution in [0.5, 0.6) is 0 Å². The average Bonchev–Trinajstić information content (AvgIpc) is 2.60. The Labute approximate surface area is 102 Å². The van der Waals surface area contributed by atoms with Crippen LogP contribution in [0.2, 0.25) is 0 Å². The van der Waals surface area contributed by atoms with E-state index in [0.717, 1.165) is 0 Å². The molecule has 0 aliphatic rings. The van der Waals surface area contributed by atoms with Gasteiger partial charge in [-0.25, -0.2) is 4.79 Å². The zero-order valence-electron chi connectivity index (χ0n) is 7.71. The molecule has 1 N–H and O–H groups in total. The molecular formula is C8H5IN3O4+. The Morgan fingerprint density at radius 1 is 1.38 bits per heavy atom. The Hall–Kier alpha value is -1.71. The number of halogens is 1. The fourth-order valence-electron chi connectivity index (χ4n) is 1.15. The summed E-state index contributed by atoms with van der Waals surface area (Å²) in [6, 6.07) is 5.74. The van der Waals surface area contributed by atoms with Crippen molar-refractivity contribution < 1.29 is 14.1 Å². The van der Waals surface area contributed by atoms with Crippen molar-refractivity contribution in [3.63, 3.8) is 0 Å². The highest BCUT2D eigenvalue weighted by molar-refractivity contribution is 14.1. The van der Waals surface area contributed by atoms with Gasteiger partial charge in [-0.15, -0.1) is 0 Å². The molecule has 7 nitrogen and oxygen atoms in total. The van der Waals surface area contributed by atoms with Gasteiger partial charge in [0.1, 0.15) is 0 Å². The number of nitrogens with one attached hydrogen (secondary N) is 1. The molecule has 0 unspecified atom stereocenters. The minimum Gasteiger partial charge on any atom is -0.282 e. The second-order valence-electron chi connectivity index (χ2n) is 2.88. The minimum absolute atomic E-state index is 0.00907. The molecule has 8 heteroatoms. The van der Waals surface area contributed by atoms with Crippen LogP contribution in [-0.2, 0) is 0 Å². The van der Waals surface area contributed by atoms with Crippen molar-refractivity contribution in [3.8, 4) is 5.69 Å². The maximum Gasteiger partial charge on any atom is 0.441 e. The van der Waals surface area contributed by atoms with E-state index in [1.165, 1.54) is 28.9 Å². The van der Waals surface area contributed by atoms with E-state index in [0.29, 0.717) is 9.39 Å². The molecule has 1 aromatic heterocycles. The first-order valence-corrected chi connectivity index (χ1v) is 5.21. The molecule has 82 valence electrons. The zero-order valence-corrected chi connectivity index (χ0v) is 9.87. The Morgan fingerprint density at radius 3 is 2.44 bits per heavy atom. The molecule has 1 aromatic carbocycles. The molecular weight excluding hydrogens is 329 g/mol. The van der Waals surface area contributed by atoms with Crippen LogP contribution in [-0.4, -0.2) is 10.2 Å². The van der Waals surface area contributed by atoms with Crippen molar-refractivity contribution in [1.29, 1.82) is 0 Å². The van der Waals surface area contributed by atoms with Crippen LogP contribution in [0.1, 0.15) is 0 Å². The normalized spacial score (nSPS) is 10.3. The van der Waals surface area contributed by atoms with Gasteiger partial charge in [-0.3, -0.25) is 14.6 Å². The van der Waals surface area contributed by atoms with Crippen molar-refractivity contribution in [3.05, 3.63) is 48.5 Å². The predicted molar refractivity (Wildman–Crippen MR) is 60.2 cm³/mol. The van der Waals surface area contributed by atoms with Gasteiger partial charge in [0, 0.05) is 46.9 Å². The largest absolute Gasteiger partial charge is 0.441 e. The summed E-state index contributed by atoms with van der Waals surface area (Å²) < 4.78 is 6.30. The highest BCUT2D eigenvalue weighted by Gasteiger charge is 2.20. The van der Waals surface area contributed by atoms with Crippen LogP contribution in [0.25, 0.3) is 5.69 Å². The summed E-state index contributed by atoms with van der Waals surface area (Å²) >= 11 is 1.82. The van der Waals surface area contributed by atoms with Crippen molar-refractivity contribution >= 4 is 28.3 Å². The van der Waals surface area contributed by atoms with E-state index in [2.05, 4.69) is 9.79 Å². The third kappa shape index (κ3) is 1.83. The third-order valence-electron chi connectivity index (χ3n) is 1.91. The number of rotatable bonds is 2. The van der Waals surface area contributed by atoms with Crippen LogP contribution < -0.4 is 10.3 Å². The number of aromatic amines is 1. The molecule has 2 rings (SSSR count). The number of nitrogens with zero attached hydrogens (tertiary/aromatic N) is 2. The Bertz CT molecular complexity index is 586. The van der Waals surface area contributed by atoms with E-state index in [4.69, 9.17) is 0 Å². The molecule has 1 heterocycles. The quantitative estimate of drug-likeness (QED) is 0.380. The number of H-pyrrole nitrogens is 1. The second kappa shape index (κ2) is 4.04. The first-order valence-electron chi connectivity index (χ1n) is 4.13. The Kier molecular flexibility index (Phi) is 2.73. The number of nitro groups is 1. The summed E-state index contributed by atoms with van der Waals surface area (Å²) in [4.78, 5) is 21.0. The number of benzene rings is 1. The fourth-order valence-corrected chi connectivity index (χ4v) is 1.64. The van der Waals surface area contributed by atoms with Gasteiger partial charge in [-0.2, -0.15) is 0 Å². The first-order chi connectivity index (χ1) is 7.59. The summed E-state index contributed by atoms with van der Waals surface area (Å²) in [6.45, 7) is 0. The molecule has 16 heavy (non-hydrogen) atoms. The molecule has 2 aromatic rings. The smallest absolute Gasteiger partial charge is 0.282 e. The maximum absolute atomic E-state index is 11.1. The second-order valence-corrected chi connectivity index (χ2v) is 3.90. The highest BCUT2D eigenvalue weighted by atomic mass is 127. The summed E-state index contributed by atoms with van der Waals surface area (Å²) in [5.74, 6) is 0. The Balaban J connectivity index is 2.46. The van der Waals surface area contributed by atoms with Crippen LogP contribution in [0.4, 0.5) is 5.69 Å². The fraction of sp³-hybridized carbons (Fsp3) is 0. The van der Waals surface area contributed by atoms with Gasteiger partial charge in [0.2, 0.25) is 5.69 Å². The number of hydrogen-bond acceptors (Lipinski definition) is 4. The van der Waals surface area contributed by atoms with Gasteiger partial charge < -0.3 is 0 Å². The van der Waals surface area contributed by atoms with E-state index in [-0.39, 0.29) is 5.69 Å². The highest BCUT2D eigenvalue weighted by Crippen LogP contribution is 2.11. The predicted octanol–water partition coefficient (Wildman–Crippen LogP) is 0.757. The lowest BCUT2D eigenvalue weighted by atomic mass is 10.3. The molecule has 0 aliphatic carbocycles. The van der Waals surface area contributed by atoms with Crippen LogP contribution in [0, 0.1) is 13.8 Å². The summed E-state index contributed by atoms with van der Waals surface area (Å²) in [7, 11) is 0. The lowest BCUT2D eigenvalue weighted by Crippen LogP contribution is -2.37. The first kappa shape index (κ1) is 10.8. The number of aromatic nitrogens is 2. The number of nitro benzene ring substituents is 1. The van der Waals surface area contributed by atoms with Crippen molar-refractivity contribution in [2.45, 2.75) is 0 Å². The lowest BCUT2D eigenvalue weighted by Gasteiger charge is -1.90. The molecule has 0 bridgehead atoms. The van der Waals surface area contributed by atoms with E-state index in [1.807, 2.05) is 22.6 Å². The van der Waals surface area contributed by atoms with Gasteiger partial charge in [0.25, 0.3) is 5.69 Å². The summed E-state index contributed by atoms with van der Waals surface area (Å²) in [5, 5.41) is 12.8. The standard InChI is InChI=1S/C8H4IN3O4/c9-7-8(13)16-10-11(7)5-1-3-6(4-2-5)12(14)15/h1-4H/p+1. The van der Waals surface area contributed by atoms with Gasteiger partial charge in [0.15, 0.2) is 0 Å². The molecule has 0 spiro atoms. The van der Waals surface area contributed by atoms with Crippen LogP contribution in [0.3, 0.4) is 0 Å². The maximum atomic E-state index is 11.1. The molecule has 0 amide bonds. The zero-order chi connectivity index (χ0) is 11.7. The SMILES string of the molecule is O=c1o[nH][n+](-c2ccc([N+](=O)[O-])cc2)c1I. The number of non-ortho nitro benzene ring substituents is 1. The molecule has 0 fully saturated rings. The van der Waals surface area contributed by atoms with Gasteiger partial charge in [0.05, 0.1) is 4.92 Å². The van der Waals surface area contributed by atoms with Crippen molar-refractivity contribution in [2.75, 3.05) is 0 Å². The Morgan fingerprint density at radius 2 is 2.00 bits per heavy atom. The van der Waals surface area contributed by atoms with Crippen LogP contribution >= 0.6 is 22.6 Å². The monoisotopic (exact) mass is 334 g/mol. The third-order valence-corrected chi connectivity index (χ3v) is 2.84. The molecule has 0 saturated heterocycles. The van der Waals surface area contributed by atoms with E-state index < -0.39 is 10.5 Å². The van der Waals surface area contributed by atoms with Gasteiger partial charge in [-0.05, 0) is 9.95 Å². The lowest BCUT2D eigenvalue weighted by molar-refractivity contribution is -0.682. The van der Waals surface area contributed by atoms with Crippen molar-refractivity contribution in [2.24, 2.45) is 0 Å². The van der Waals surface area contributed by atoms with Gasteiger partial charge >= 0.3 is 9.33 Å². The minimum atomic E-state index is -0.489. The van der Waals surface area contributed by atoms with Gasteiger partial charge in [-0.1, -0.05) is 0 Å². The van der Waals surface area contributed by atoms with Crippen molar-refractivity contribution in [1.82, 2.24) is 5.27 Å². The summed E-state index contributed by atoms with van der Waals surface area (Å²) in [6.07, 6.45) is 0. The van der Waals surface area contributed by atoms with E-state index in [9.17, 15) is 14.9 Å². The summed E-state index contributed by atoms with van der Waals surface area (Å²) in [5.41, 5.74) is 0.0880. The molecule has 0 saturated carbocycles. The molecule has 0 radical (unpaired) electrons. The van der Waals surface area contributed by atoms with Crippen LogP contribution in [0.15, 0.2) is 33.6 Å². The topological polar surface area (TPSA) is 93.0 Å². The number of hydrogen-bond donors (Lipinski definition) is 1. The van der Waals surface area contributed by atoms with E-state index in [1.54, 1.807) is 0 Å².